The molecule has 0 radical (unpaired) electrons. The molecule has 0 saturated carbocycles. The Kier molecular flexibility index (Phi) is 72.7. The van der Waals surface area contributed by atoms with Crippen molar-refractivity contribution in [3.63, 3.8) is 0 Å². The van der Waals surface area contributed by atoms with Gasteiger partial charge in [0.2, 0.25) is 0 Å². The van der Waals surface area contributed by atoms with Crippen molar-refractivity contribution in [1.82, 2.24) is 0 Å². The standard InChI is InChI=1S/C83H148O17P2/c1-5-9-13-17-21-25-29-32-35-37-38-40-42-45-49-52-56-60-64-68-81(86)94-74-79(100-83(88)70-66-62-58-54-50-46-43-39-36-33-30-26-22-18-14-10-6-2)76-98-102(91,92)96-72-77(84)71-95-101(89,90)97-75-78(99-82(87)69-65-61-57-53-47-28-24-20-16-12-8-4)73-93-80(85)67-63-59-55-51-48-44-41-34-31-27-23-19-15-11-7-3/h10,14,20-22,24-26,32-33,35-36,38,40,77-79,84H,5-9,11-13,15-19,23,27-31,34,37,39,41-76H2,1-4H3,(H,89,90)(H,91,92)/b14-10-,24-20-,25-21-,26-22-,35-32-,36-33-,40-38-. The van der Waals surface area contributed by atoms with Crippen LogP contribution in [0.1, 0.15) is 362 Å². The Balaban J connectivity index is 5.32. The number of carbonyl (C=O) groups is 4. The lowest BCUT2D eigenvalue weighted by Gasteiger charge is -2.21. The number of ether oxygens (including phenoxy) is 4. The first-order chi connectivity index (χ1) is 49.7. The summed E-state index contributed by atoms with van der Waals surface area (Å²) in [5.41, 5.74) is 0. The van der Waals surface area contributed by atoms with Crippen LogP contribution in [0.2, 0.25) is 0 Å². The van der Waals surface area contributed by atoms with E-state index in [1.807, 2.05) is 0 Å². The van der Waals surface area contributed by atoms with Crippen LogP contribution in [0, 0.1) is 0 Å². The summed E-state index contributed by atoms with van der Waals surface area (Å²) in [6.07, 6.45) is 78.4. The quantitative estimate of drug-likeness (QED) is 0.0169. The SMILES string of the molecule is CC/C=C\C/C=C\C/C=C\CCCCCCCCCC(=O)OC(COC(=O)CCCCCCCC/C=C\C/C=C\C/C=C\CCCCC)COP(=O)(O)OCC(O)COP(=O)(O)OCC(COC(=O)CCCCCCCCCCCCCCCCC)OC(=O)CCCCCCC/C=C\CCCC. The fourth-order valence-electron chi connectivity index (χ4n) is 11.1. The number of rotatable bonds is 77. The van der Waals surface area contributed by atoms with E-state index in [0.717, 1.165) is 180 Å². The summed E-state index contributed by atoms with van der Waals surface area (Å²) in [4.78, 5) is 73.0. The first-order valence-electron chi connectivity index (χ1n) is 40.8. The second kappa shape index (κ2) is 75.5. The van der Waals surface area contributed by atoms with Gasteiger partial charge in [-0.3, -0.25) is 37.3 Å². The van der Waals surface area contributed by atoms with Crippen LogP contribution >= 0.6 is 15.6 Å². The number of hydrogen-bond acceptors (Lipinski definition) is 15. The van der Waals surface area contributed by atoms with Crippen LogP contribution in [-0.2, 0) is 65.4 Å². The zero-order valence-electron chi connectivity index (χ0n) is 64.8. The molecule has 592 valence electrons. The van der Waals surface area contributed by atoms with E-state index in [1.54, 1.807) is 0 Å². The maximum absolute atomic E-state index is 13.1. The molecule has 0 aliphatic rings. The summed E-state index contributed by atoms with van der Waals surface area (Å²) in [6, 6.07) is 0. The smallest absolute Gasteiger partial charge is 0.462 e. The minimum atomic E-state index is -4.98. The van der Waals surface area contributed by atoms with Crippen molar-refractivity contribution < 1.29 is 80.2 Å². The molecule has 0 heterocycles. The van der Waals surface area contributed by atoms with Gasteiger partial charge in [0.25, 0.3) is 0 Å². The highest BCUT2D eigenvalue weighted by Gasteiger charge is 2.30. The number of aliphatic hydroxyl groups excluding tert-OH is 1. The van der Waals surface area contributed by atoms with E-state index < -0.39 is 97.5 Å². The number of hydrogen-bond donors (Lipinski definition) is 3. The third-order valence-electron chi connectivity index (χ3n) is 17.3. The Morgan fingerprint density at radius 2 is 0.520 bits per heavy atom. The Morgan fingerprint density at radius 1 is 0.284 bits per heavy atom. The maximum Gasteiger partial charge on any atom is 0.472 e. The molecule has 0 aliphatic carbocycles. The predicted octanol–water partition coefficient (Wildman–Crippen LogP) is 23.8. The van der Waals surface area contributed by atoms with E-state index in [9.17, 15) is 43.2 Å². The number of phosphoric ester groups is 2. The van der Waals surface area contributed by atoms with Crippen molar-refractivity contribution in [2.75, 3.05) is 39.6 Å². The van der Waals surface area contributed by atoms with Crippen molar-refractivity contribution >= 4 is 39.5 Å². The third kappa shape index (κ3) is 74.5. The van der Waals surface area contributed by atoms with Crippen LogP contribution in [-0.4, -0.2) is 96.7 Å². The second-order valence-corrected chi connectivity index (χ2v) is 30.2. The lowest BCUT2D eigenvalue weighted by atomic mass is 10.0. The Morgan fingerprint density at radius 3 is 0.843 bits per heavy atom. The van der Waals surface area contributed by atoms with E-state index in [0.29, 0.717) is 25.7 Å². The molecule has 0 saturated heterocycles. The highest BCUT2D eigenvalue weighted by molar-refractivity contribution is 7.47. The molecule has 0 bridgehead atoms. The highest BCUT2D eigenvalue weighted by atomic mass is 31.2. The van der Waals surface area contributed by atoms with Crippen molar-refractivity contribution in [3.8, 4) is 0 Å². The zero-order valence-corrected chi connectivity index (χ0v) is 66.6. The van der Waals surface area contributed by atoms with Crippen LogP contribution in [0.3, 0.4) is 0 Å². The molecule has 5 unspecified atom stereocenters. The largest absolute Gasteiger partial charge is 0.472 e. The normalized spacial score (nSPS) is 14.3. The summed E-state index contributed by atoms with van der Waals surface area (Å²) < 4.78 is 68.6. The number of allylic oxidation sites excluding steroid dienone is 14. The molecular weight excluding hydrogens is 1330 g/mol. The second-order valence-electron chi connectivity index (χ2n) is 27.3. The molecule has 5 atom stereocenters. The molecule has 3 N–H and O–H groups in total. The van der Waals surface area contributed by atoms with Gasteiger partial charge in [-0.15, -0.1) is 0 Å². The van der Waals surface area contributed by atoms with Gasteiger partial charge < -0.3 is 33.8 Å². The van der Waals surface area contributed by atoms with Crippen molar-refractivity contribution in [3.05, 3.63) is 85.1 Å². The summed E-state index contributed by atoms with van der Waals surface area (Å²) in [5, 5.41) is 10.6. The van der Waals surface area contributed by atoms with Crippen LogP contribution in [0.25, 0.3) is 0 Å². The third-order valence-corrected chi connectivity index (χ3v) is 19.2. The van der Waals surface area contributed by atoms with Crippen molar-refractivity contribution in [2.45, 2.75) is 380 Å². The first-order valence-corrected chi connectivity index (χ1v) is 43.8. The van der Waals surface area contributed by atoms with Gasteiger partial charge in [-0.25, -0.2) is 9.13 Å². The highest BCUT2D eigenvalue weighted by Crippen LogP contribution is 2.45. The van der Waals surface area contributed by atoms with Crippen LogP contribution < -0.4 is 0 Å². The number of aliphatic hydroxyl groups is 1. The van der Waals surface area contributed by atoms with Gasteiger partial charge in [0, 0.05) is 25.7 Å². The number of esters is 4. The Bertz CT molecular complexity index is 2260. The fourth-order valence-corrected chi connectivity index (χ4v) is 12.7. The van der Waals surface area contributed by atoms with Crippen LogP contribution in [0.15, 0.2) is 85.1 Å². The van der Waals surface area contributed by atoms with Gasteiger partial charge >= 0.3 is 39.5 Å². The van der Waals surface area contributed by atoms with Gasteiger partial charge in [-0.1, -0.05) is 305 Å². The first kappa shape index (κ1) is 98.2. The molecule has 0 aromatic rings. The number of unbranched alkanes of at least 4 members (excludes halogenated alkanes) is 37. The average molecular weight is 1480 g/mol. The van der Waals surface area contributed by atoms with Crippen LogP contribution in [0.5, 0.6) is 0 Å². The molecule has 0 amide bonds. The van der Waals surface area contributed by atoms with Crippen LogP contribution in [0.4, 0.5) is 0 Å². The molecule has 102 heavy (non-hydrogen) atoms. The molecule has 0 aliphatic heterocycles. The topological polar surface area (TPSA) is 237 Å². The van der Waals surface area contributed by atoms with Gasteiger partial charge in [0.1, 0.15) is 19.3 Å². The molecule has 19 heteroatoms. The lowest BCUT2D eigenvalue weighted by molar-refractivity contribution is -0.161. The number of carbonyl (C=O) groups excluding carboxylic acids is 4. The molecule has 17 nitrogen and oxygen atoms in total. The maximum atomic E-state index is 13.1. The minimum Gasteiger partial charge on any atom is -0.462 e. The summed E-state index contributed by atoms with van der Waals surface area (Å²) in [5.74, 6) is -2.18. The minimum absolute atomic E-state index is 0.0817. The zero-order chi connectivity index (χ0) is 74.6. The van der Waals surface area contributed by atoms with Crippen molar-refractivity contribution in [2.24, 2.45) is 0 Å². The molecule has 0 spiro atoms. The lowest BCUT2D eigenvalue weighted by Crippen LogP contribution is -2.30. The summed E-state index contributed by atoms with van der Waals surface area (Å²) in [7, 11) is -9.95. The summed E-state index contributed by atoms with van der Waals surface area (Å²) >= 11 is 0. The van der Waals surface area contributed by atoms with E-state index in [-0.39, 0.29) is 25.7 Å². The fraction of sp³-hybridized carbons (Fsp3) is 0.783. The summed E-state index contributed by atoms with van der Waals surface area (Å²) in [6.45, 7) is 4.73. The predicted molar refractivity (Wildman–Crippen MR) is 418 cm³/mol. The van der Waals surface area contributed by atoms with Gasteiger partial charge in [-0.2, -0.15) is 0 Å². The molecule has 0 aromatic carbocycles. The van der Waals surface area contributed by atoms with Gasteiger partial charge in [0.05, 0.1) is 26.4 Å². The average Bonchev–Trinajstić information content (AvgIpc) is 0.927. The van der Waals surface area contributed by atoms with Gasteiger partial charge in [0.15, 0.2) is 12.2 Å². The Hall–Kier alpha value is -3.76. The molecule has 0 rings (SSSR count). The monoisotopic (exact) mass is 1480 g/mol. The van der Waals surface area contributed by atoms with Gasteiger partial charge in [-0.05, 0) is 116 Å². The van der Waals surface area contributed by atoms with E-state index in [2.05, 4.69) is 113 Å². The molecule has 0 fully saturated rings. The van der Waals surface area contributed by atoms with E-state index in [1.165, 1.54) is 103 Å². The van der Waals surface area contributed by atoms with Crippen molar-refractivity contribution in [1.29, 1.82) is 0 Å². The van der Waals surface area contributed by atoms with E-state index in [4.69, 9.17) is 37.0 Å². The molecule has 0 aromatic heterocycles. The van der Waals surface area contributed by atoms with E-state index >= 15 is 0 Å². The molecular formula is C83H148O17P2. The Labute approximate surface area is 621 Å². The number of phosphoric acid groups is 2.